The monoisotopic (exact) mass is 398 g/mol. The lowest BCUT2D eigenvalue weighted by Crippen LogP contribution is -2.30. The van der Waals surface area contributed by atoms with Crippen LogP contribution in [-0.2, 0) is 5.54 Å². The highest BCUT2D eigenvalue weighted by Gasteiger charge is 2.25. The lowest BCUT2D eigenvalue weighted by atomic mass is 10.00. The van der Waals surface area contributed by atoms with Gasteiger partial charge >= 0.3 is 0 Å². The van der Waals surface area contributed by atoms with Gasteiger partial charge in [-0.2, -0.15) is 0 Å². The van der Waals surface area contributed by atoms with Gasteiger partial charge in [-0.3, -0.25) is 9.78 Å². The maximum atomic E-state index is 11.6. The molecule has 0 radical (unpaired) electrons. The molecule has 28 heavy (non-hydrogen) atoms. The van der Waals surface area contributed by atoms with E-state index in [1.54, 1.807) is 43.0 Å². The SMILES string of the molecule is COc1ncc(-c2cnc(NC(C)(C)c3ncccc3Cl)nc2)cc1C(N)=O. The minimum Gasteiger partial charge on any atom is -0.480 e. The summed E-state index contributed by atoms with van der Waals surface area (Å²) < 4.78 is 5.05. The van der Waals surface area contributed by atoms with Crippen LogP contribution in [-0.4, -0.2) is 33.0 Å². The van der Waals surface area contributed by atoms with Crippen molar-refractivity contribution in [3.63, 3.8) is 0 Å². The molecule has 0 spiro atoms. The topological polar surface area (TPSA) is 116 Å². The molecule has 0 aromatic carbocycles. The molecule has 0 atom stereocenters. The quantitative estimate of drug-likeness (QED) is 0.655. The molecular weight excluding hydrogens is 380 g/mol. The van der Waals surface area contributed by atoms with E-state index >= 15 is 0 Å². The van der Waals surface area contributed by atoms with Crippen molar-refractivity contribution in [3.8, 4) is 17.0 Å². The molecule has 3 aromatic rings. The number of anilines is 1. The van der Waals surface area contributed by atoms with Crippen molar-refractivity contribution in [1.82, 2.24) is 19.9 Å². The average molecular weight is 399 g/mol. The van der Waals surface area contributed by atoms with Gasteiger partial charge in [0, 0.05) is 35.9 Å². The number of amides is 1. The Morgan fingerprint density at radius 2 is 1.82 bits per heavy atom. The van der Waals surface area contributed by atoms with Gasteiger partial charge in [0.2, 0.25) is 11.8 Å². The minimum atomic E-state index is -0.626. The van der Waals surface area contributed by atoms with E-state index in [1.165, 1.54) is 7.11 Å². The minimum absolute atomic E-state index is 0.171. The Kier molecular flexibility index (Phi) is 5.41. The first-order chi connectivity index (χ1) is 13.3. The smallest absolute Gasteiger partial charge is 0.254 e. The zero-order valence-corrected chi connectivity index (χ0v) is 16.4. The molecule has 9 heteroatoms. The number of nitrogens with one attached hydrogen (secondary N) is 1. The number of carbonyl (C=O) groups is 1. The van der Waals surface area contributed by atoms with Crippen LogP contribution in [0, 0.1) is 0 Å². The van der Waals surface area contributed by atoms with Crippen LogP contribution >= 0.6 is 11.6 Å². The van der Waals surface area contributed by atoms with E-state index in [9.17, 15) is 4.79 Å². The van der Waals surface area contributed by atoms with Crippen LogP contribution in [0.4, 0.5) is 5.95 Å². The second-order valence-electron chi connectivity index (χ2n) is 6.52. The summed E-state index contributed by atoms with van der Waals surface area (Å²) in [4.78, 5) is 28.7. The van der Waals surface area contributed by atoms with Crippen molar-refractivity contribution in [2.24, 2.45) is 5.73 Å². The van der Waals surface area contributed by atoms with Crippen molar-refractivity contribution in [3.05, 3.63) is 59.3 Å². The Hall–Kier alpha value is -3.26. The molecule has 3 rings (SSSR count). The molecular formula is C19H19ClN6O2. The lowest BCUT2D eigenvalue weighted by molar-refractivity contribution is 0.0996. The standard InChI is InChI=1S/C19H19ClN6O2/c1-19(2,15-14(20)5-4-6-22-15)26-18-24-9-12(10-25-18)11-7-13(16(21)27)17(28-3)23-8-11/h4-10H,1-3H3,(H2,21,27)(H,24,25,26). The number of nitrogens with two attached hydrogens (primary N) is 1. The lowest BCUT2D eigenvalue weighted by Gasteiger charge is -2.26. The van der Waals surface area contributed by atoms with E-state index in [0.717, 1.165) is 0 Å². The zero-order chi connectivity index (χ0) is 20.3. The van der Waals surface area contributed by atoms with Gasteiger partial charge in [0.1, 0.15) is 5.56 Å². The van der Waals surface area contributed by atoms with E-state index in [0.29, 0.717) is 27.8 Å². The number of pyridine rings is 2. The van der Waals surface area contributed by atoms with Crippen LogP contribution in [0.2, 0.25) is 5.02 Å². The molecule has 0 saturated carbocycles. The Bertz CT molecular complexity index is 1010. The fourth-order valence-electron chi connectivity index (χ4n) is 2.68. The predicted octanol–water partition coefficient (Wildman–Crippen LogP) is 3.04. The summed E-state index contributed by atoms with van der Waals surface area (Å²) in [6.07, 6.45) is 6.50. The summed E-state index contributed by atoms with van der Waals surface area (Å²) >= 11 is 6.25. The number of nitrogens with zero attached hydrogens (tertiary/aromatic N) is 4. The van der Waals surface area contributed by atoms with E-state index in [1.807, 2.05) is 13.8 Å². The first-order valence-electron chi connectivity index (χ1n) is 8.37. The van der Waals surface area contributed by atoms with Gasteiger partial charge in [0.05, 0.1) is 23.4 Å². The second kappa shape index (κ2) is 7.77. The van der Waals surface area contributed by atoms with Crippen molar-refractivity contribution >= 4 is 23.5 Å². The number of ether oxygens (including phenoxy) is 1. The third kappa shape index (κ3) is 4.01. The van der Waals surface area contributed by atoms with Crippen molar-refractivity contribution in [1.29, 1.82) is 0 Å². The van der Waals surface area contributed by atoms with E-state index < -0.39 is 11.4 Å². The summed E-state index contributed by atoms with van der Waals surface area (Å²) in [6, 6.07) is 5.15. The fraction of sp³-hybridized carbons (Fsp3) is 0.211. The fourth-order valence-corrected chi connectivity index (χ4v) is 3.03. The maximum absolute atomic E-state index is 11.6. The first kappa shape index (κ1) is 19.5. The highest BCUT2D eigenvalue weighted by molar-refractivity contribution is 6.31. The molecule has 3 heterocycles. The normalized spacial score (nSPS) is 11.1. The molecule has 0 aliphatic rings. The molecule has 0 aliphatic carbocycles. The molecule has 144 valence electrons. The zero-order valence-electron chi connectivity index (χ0n) is 15.6. The van der Waals surface area contributed by atoms with E-state index in [4.69, 9.17) is 22.1 Å². The average Bonchev–Trinajstić information content (AvgIpc) is 2.68. The highest BCUT2D eigenvalue weighted by Crippen LogP contribution is 2.29. The number of hydrogen-bond acceptors (Lipinski definition) is 7. The molecule has 0 saturated heterocycles. The number of methoxy groups -OCH3 is 1. The molecule has 0 bridgehead atoms. The van der Waals surface area contributed by atoms with Crippen LogP contribution in [0.25, 0.3) is 11.1 Å². The van der Waals surface area contributed by atoms with Crippen LogP contribution in [0.3, 0.4) is 0 Å². The van der Waals surface area contributed by atoms with Crippen molar-refractivity contribution < 1.29 is 9.53 Å². The summed E-state index contributed by atoms with van der Waals surface area (Å²) in [6.45, 7) is 3.87. The van der Waals surface area contributed by atoms with Crippen LogP contribution < -0.4 is 15.8 Å². The predicted molar refractivity (Wildman–Crippen MR) is 106 cm³/mol. The van der Waals surface area contributed by atoms with Gasteiger partial charge < -0.3 is 15.8 Å². The molecule has 1 amide bonds. The summed E-state index contributed by atoms with van der Waals surface area (Å²) in [5.74, 6) is -0.0455. The Balaban J connectivity index is 1.85. The van der Waals surface area contributed by atoms with Gasteiger partial charge in [0.25, 0.3) is 5.91 Å². The van der Waals surface area contributed by atoms with Gasteiger partial charge in [-0.05, 0) is 32.0 Å². The number of primary amides is 1. The summed E-state index contributed by atoms with van der Waals surface area (Å²) in [5.41, 5.74) is 7.00. The molecule has 3 N–H and O–H groups in total. The number of carbonyl (C=O) groups excluding carboxylic acids is 1. The van der Waals surface area contributed by atoms with E-state index in [2.05, 4.69) is 25.3 Å². The maximum Gasteiger partial charge on any atom is 0.254 e. The number of hydrogen-bond donors (Lipinski definition) is 2. The Morgan fingerprint density at radius 3 is 2.43 bits per heavy atom. The molecule has 0 aliphatic heterocycles. The molecule has 8 nitrogen and oxygen atoms in total. The van der Waals surface area contributed by atoms with Crippen molar-refractivity contribution in [2.45, 2.75) is 19.4 Å². The van der Waals surface area contributed by atoms with Gasteiger partial charge in [0.15, 0.2) is 0 Å². The van der Waals surface area contributed by atoms with Crippen LogP contribution in [0.5, 0.6) is 5.88 Å². The third-order valence-electron chi connectivity index (χ3n) is 4.07. The number of aromatic nitrogens is 4. The largest absolute Gasteiger partial charge is 0.480 e. The van der Waals surface area contributed by atoms with Crippen molar-refractivity contribution in [2.75, 3.05) is 12.4 Å². The molecule has 0 unspecified atom stereocenters. The number of rotatable bonds is 6. The Morgan fingerprint density at radius 1 is 1.14 bits per heavy atom. The second-order valence-corrected chi connectivity index (χ2v) is 6.93. The summed E-state index contributed by atoms with van der Waals surface area (Å²) in [5, 5.41) is 3.78. The first-order valence-corrected chi connectivity index (χ1v) is 8.75. The van der Waals surface area contributed by atoms with Gasteiger partial charge in [-0.15, -0.1) is 0 Å². The van der Waals surface area contributed by atoms with Crippen LogP contribution in [0.1, 0.15) is 29.9 Å². The third-order valence-corrected chi connectivity index (χ3v) is 4.37. The van der Waals surface area contributed by atoms with E-state index in [-0.39, 0.29) is 11.4 Å². The Labute approximate surface area is 167 Å². The summed E-state index contributed by atoms with van der Waals surface area (Å²) in [7, 11) is 1.42. The highest BCUT2D eigenvalue weighted by atomic mass is 35.5. The number of halogens is 1. The molecule has 0 fully saturated rings. The van der Waals surface area contributed by atoms with Gasteiger partial charge in [-0.25, -0.2) is 15.0 Å². The molecule has 3 aromatic heterocycles. The van der Waals surface area contributed by atoms with Crippen LogP contribution in [0.15, 0.2) is 43.0 Å². The van der Waals surface area contributed by atoms with Gasteiger partial charge in [-0.1, -0.05) is 11.6 Å².